The standard InChI is InChI=1S/C8H6FNO4S/c1-14-4-2-5(9)7-6(3-4)15(12,13)10-8(7)11/h2-3H,1H3,(H,10,11). The second-order valence-corrected chi connectivity index (χ2v) is 4.57. The maximum absolute atomic E-state index is 13.3. The van der Waals surface area contributed by atoms with Crippen LogP contribution in [-0.2, 0) is 10.0 Å². The number of hydrogen-bond donors (Lipinski definition) is 1. The number of fused-ring (bicyclic) bond motifs is 1. The van der Waals surface area contributed by atoms with Crippen molar-refractivity contribution in [2.24, 2.45) is 0 Å². The van der Waals surface area contributed by atoms with Gasteiger partial charge in [-0.2, -0.15) is 0 Å². The zero-order valence-corrected chi connectivity index (χ0v) is 8.39. The fourth-order valence-corrected chi connectivity index (χ4v) is 2.52. The van der Waals surface area contributed by atoms with Gasteiger partial charge in [0, 0.05) is 12.1 Å². The molecule has 0 spiro atoms. The van der Waals surface area contributed by atoms with Crippen molar-refractivity contribution in [3.8, 4) is 5.75 Å². The van der Waals surface area contributed by atoms with Crippen LogP contribution in [0.1, 0.15) is 10.4 Å². The van der Waals surface area contributed by atoms with Crippen LogP contribution in [0.5, 0.6) is 5.75 Å². The number of carbonyl (C=O) groups is 1. The number of halogens is 1. The Kier molecular flexibility index (Phi) is 1.93. The molecule has 15 heavy (non-hydrogen) atoms. The molecule has 0 radical (unpaired) electrons. The van der Waals surface area contributed by atoms with Crippen molar-refractivity contribution in [2.45, 2.75) is 4.90 Å². The molecule has 1 aromatic rings. The van der Waals surface area contributed by atoms with E-state index in [1.807, 2.05) is 0 Å². The van der Waals surface area contributed by atoms with Gasteiger partial charge >= 0.3 is 0 Å². The molecule has 0 unspecified atom stereocenters. The first-order chi connectivity index (χ1) is 6.95. The fourth-order valence-electron chi connectivity index (χ4n) is 1.34. The first-order valence-corrected chi connectivity index (χ1v) is 5.38. The van der Waals surface area contributed by atoms with Gasteiger partial charge in [-0.3, -0.25) is 4.79 Å². The highest BCUT2D eigenvalue weighted by atomic mass is 32.2. The van der Waals surface area contributed by atoms with Crippen LogP contribution < -0.4 is 9.46 Å². The number of benzene rings is 1. The molecule has 1 N–H and O–H groups in total. The van der Waals surface area contributed by atoms with E-state index in [1.54, 1.807) is 4.72 Å². The lowest BCUT2D eigenvalue weighted by Crippen LogP contribution is -2.21. The molecule has 0 fully saturated rings. The van der Waals surface area contributed by atoms with Crippen molar-refractivity contribution < 1.29 is 22.3 Å². The van der Waals surface area contributed by atoms with Gasteiger partial charge in [0.2, 0.25) is 0 Å². The zero-order chi connectivity index (χ0) is 11.2. The highest BCUT2D eigenvalue weighted by Crippen LogP contribution is 2.29. The van der Waals surface area contributed by atoms with Crippen LogP contribution in [-0.4, -0.2) is 21.4 Å². The summed E-state index contributed by atoms with van der Waals surface area (Å²) in [5.74, 6) is -1.82. The molecule has 0 bridgehead atoms. The summed E-state index contributed by atoms with van der Waals surface area (Å²) in [7, 11) is -2.65. The third-order valence-corrected chi connectivity index (χ3v) is 3.36. The Morgan fingerprint density at radius 1 is 1.40 bits per heavy atom. The van der Waals surface area contributed by atoms with Gasteiger partial charge in [0.25, 0.3) is 15.9 Å². The summed E-state index contributed by atoms with van der Waals surface area (Å²) >= 11 is 0. The maximum Gasteiger partial charge on any atom is 0.269 e. The highest BCUT2D eigenvalue weighted by molar-refractivity contribution is 7.90. The van der Waals surface area contributed by atoms with Crippen molar-refractivity contribution in [2.75, 3.05) is 7.11 Å². The summed E-state index contributed by atoms with van der Waals surface area (Å²) in [4.78, 5) is 10.7. The SMILES string of the molecule is COc1cc(F)c2c(c1)S(=O)(=O)NC2=O. The molecule has 1 aromatic carbocycles. The average molecular weight is 231 g/mol. The van der Waals surface area contributed by atoms with Crippen LogP contribution in [0.15, 0.2) is 17.0 Å². The van der Waals surface area contributed by atoms with E-state index >= 15 is 0 Å². The molecule has 0 aromatic heterocycles. The van der Waals surface area contributed by atoms with Crippen LogP contribution in [0.3, 0.4) is 0 Å². The minimum absolute atomic E-state index is 0.0475. The van der Waals surface area contributed by atoms with E-state index < -0.39 is 27.3 Å². The molecular weight excluding hydrogens is 225 g/mol. The van der Waals surface area contributed by atoms with E-state index in [9.17, 15) is 17.6 Å². The largest absolute Gasteiger partial charge is 0.497 e. The van der Waals surface area contributed by atoms with E-state index in [-0.39, 0.29) is 10.6 Å². The minimum Gasteiger partial charge on any atom is -0.497 e. The van der Waals surface area contributed by atoms with Gasteiger partial charge in [-0.25, -0.2) is 17.5 Å². The van der Waals surface area contributed by atoms with Crippen LogP contribution in [0, 0.1) is 5.82 Å². The Hall–Kier alpha value is -1.63. The van der Waals surface area contributed by atoms with E-state index in [4.69, 9.17) is 4.74 Å². The molecule has 0 saturated carbocycles. The summed E-state index contributed by atoms with van der Waals surface area (Å²) in [5, 5.41) is 0. The van der Waals surface area contributed by atoms with Crippen LogP contribution in [0.2, 0.25) is 0 Å². The number of amides is 1. The number of sulfonamides is 1. The predicted octanol–water partition coefficient (Wildman–Crippen LogP) is 0.266. The smallest absolute Gasteiger partial charge is 0.269 e. The lowest BCUT2D eigenvalue weighted by Gasteiger charge is -2.02. The van der Waals surface area contributed by atoms with Crippen molar-refractivity contribution in [3.05, 3.63) is 23.5 Å². The Bertz CT molecular complexity index is 552. The zero-order valence-electron chi connectivity index (χ0n) is 7.57. The summed E-state index contributed by atoms with van der Waals surface area (Å²) < 4.78 is 42.4. The summed E-state index contributed by atoms with van der Waals surface area (Å²) in [6.07, 6.45) is 0. The number of ether oxygens (including phenoxy) is 1. The number of hydrogen-bond acceptors (Lipinski definition) is 4. The Morgan fingerprint density at radius 3 is 2.67 bits per heavy atom. The van der Waals surface area contributed by atoms with Crippen molar-refractivity contribution >= 4 is 15.9 Å². The van der Waals surface area contributed by atoms with Gasteiger partial charge < -0.3 is 4.74 Å². The summed E-state index contributed by atoms with van der Waals surface area (Å²) in [5.41, 5.74) is -0.462. The number of nitrogens with one attached hydrogen (secondary N) is 1. The first-order valence-electron chi connectivity index (χ1n) is 3.90. The molecule has 0 atom stereocenters. The van der Waals surface area contributed by atoms with Crippen molar-refractivity contribution in [1.82, 2.24) is 4.72 Å². The predicted molar refractivity (Wildman–Crippen MR) is 47.6 cm³/mol. The van der Waals surface area contributed by atoms with Gasteiger partial charge in [0.15, 0.2) is 0 Å². The molecule has 2 rings (SSSR count). The van der Waals surface area contributed by atoms with Gasteiger partial charge in [-0.05, 0) is 0 Å². The quantitative estimate of drug-likeness (QED) is 0.752. The highest BCUT2D eigenvalue weighted by Gasteiger charge is 2.35. The van der Waals surface area contributed by atoms with E-state index in [0.717, 1.165) is 12.1 Å². The van der Waals surface area contributed by atoms with E-state index in [0.29, 0.717) is 0 Å². The normalized spacial score (nSPS) is 17.1. The third kappa shape index (κ3) is 1.35. The van der Waals surface area contributed by atoms with Gasteiger partial charge in [0.05, 0.1) is 12.7 Å². The maximum atomic E-state index is 13.3. The molecule has 1 aliphatic rings. The molecule has 0 aliphatic carbocycles. The van der Waals surface area contributed by atoms with Gasteiger partial charge in [-0.1, -0.05) is 0 Å². The van der Waals surface area contributed by atoms with E-state index in [2.05, 4.69) is 0 Å². The lowest BCUT2D eigenvalue weighted by atomic mass is 10.2. The van der Waals surface area contributed by atoms with Gasteiger partial charge in [0.1, 0.15) is 16.5 Å². The minimum atomic E-state index is -3.93. The Balaban J connectivity index is 2.81. The molecule has 5 nitrogen and oxygen atoms in total. The lowest BCUT2D eigenvalue weighted by molar-refractivity contribution is 0.0981. The number of carbonyl (C=O) groups excluding carboxylic acids is 1. The summed E-state index contributed by atoms with van der Waals surface area (Å²) in [6.45, 7) is 0. The Labute approximate surface area is 84.9 Å². The molecule has 7 heteroatoms. The summed E-state index contributed by atoms with van der Waals surface area (Å²) in [6, 6.07) is 2.06. The third-order valence-electron chi connectivity index (χ3n) is 2.01. The average Bonchev–Trinajstić information content (AvgIpc) is 2.37. The van der Waals surface area contributed by atoms with Crippen LogP contribution in [0.4, 0.5) is 4.39 Å². The van der Waals surface area contributed by atoms with Crippen LogP contribution in [0.25, 0.3) is 0 Å². The van der Waals surface area contributed by atoms with Crippen LogP contribution >= 0.6 is 0 Å². The van der Waals surface area contributed by atoms with Crippen molar-refractivity contribution in [3.63, 3.8) is 0 Å². The fraction of sp³-hybridized carbons (Fsp3) is 0.125. The molecule has 0 saturated heterocycles. The second-order valence-electron chi connectivity index (χ2n) is 2.92. The Morgan fingerprint density at radius 2 is 2.07 bits per heavy atom. The molecule has 1 heterocycles. The number of rotatable bonds is 1. The second kappa shape index (κ2) is 2.93. The first kappa shape index (κ1) is 9.91. The monoisotopic (exact) mass is 231 g/mol. The number of methoxy groups -OCH3 is 1. The molecular formula is C8H6FNO4S. The molecule has 1 aliphatic heterocycles. The van der Waals surface area contributed by atoms with Gasteiger partial charge in [-0.15, -0.1) is 0 Å². The topological polar surface area (TPSA) is 72.5 Å². The van der Waals surface area contributed by atoms with E-state index in [1.165, 1.54) is 7.11 Å². The molecule has 1 amide bonds. The molecule has 80 valence electrons. The van der Waals surface area contributed by atoms with Crippen molar-refractivity contribution in [1.29, 1.82) is 0 Å².